The van der Waals surface area contributed by atoms with E-state index in [0.717, 1.165) is 30.5 Å². The first-order valence-corrected chi connectivity index (χ1v) is 7.44. The van der Waals surface area contributed by atoms with E-state index >= 15 is 0 Å². The van der Waals surface area contributed by atoms with Crippen molar-refractivity contribution in [3.63, 3.8) is 0 Å². The molecule has 108 valence electrons. The van der Waals surface area contributed by atoms with Crippen molar-refractivity contribution in [3.8, 4) is 0 Å². The van der Waals surface area contributed by atoms with Gasteiger partial charge in [0.15, 0.2) is 0 Å². The fourth-order valence-corrected chi connectivity index (χ4v) is 2.81. The van der Waals surface area contributed by atoms with E-state index in [2.05, 4.69) is 23.5 Å². The van der Waals surface area contributed by atoms with Crippen molar-refractivity contribution >= 4 is 11.6 Å². The van der Waals surface area contributed by atoms with Crippen LogP contribution in [0.25, 0.3) is 0 Å². The second kappa shape index (κ2) is 6.10. The Labute approximate surface area is 125 Å². The Balaban J connectivity index is 1.80. The zero-order valence-corrected chi connectivity index (χ0v) is 12.0. The number of amides is 1. The van der Waals surface area contributed by atoms with Crippen molar-refractivity contribution in [1.29, 1.82) is 0 Å². The first kappa shape index (κ1) is 13.8. The molecule has 1 aliphatic heterocycles. The summed E-state index contributed by atoms with van der Waals surface area (Å²) in [5, 5.41) is 2.96. The molecule has 0 fully saturated rings. The molecule has 0 aliphatic carbocycles. The van der Waals surface area contributed by atoms with Crippen LogP contribution in [0.15, 0.2) is 48.5 Å². The third-order valence-corrected chi connectivity index (χ3v) is 3.98. The molecule has 0 radical (unpaired) electrons. The van der Waals surface area contributed by atoms with E-state index in [4.69, 9.17) is 5.73 Å². The Hall–Kier alpha value is -2.13. The number of benzene rings is 2. The Morgan fingerprint density at radius 1 is 1.10 bits per heavy atom. The third kappa shape index (κ3) is 3.31. The summed E-state index contributed by atoms with van der Waals surface area (Å²) in [6.07, 6.45) is 3.25. The molecule has 2 aromatic carbocycles. The smallest absolute Gasteiger partial charge is 0.224 e. The molecule has 2 aromatic rings. The molecule has 0 spiro atoms. The van der Waals surface area contributed by atoms with Crippen LogP contribution in [-0.4, -0.2) is 5.91 Å². The van der Waals surface area contributed by atoms with Crippen molar-refractivity contribution < 1.29 is 4.79 Å². The highest BCUT2D eigenvalue weighted by atomic mass is 16.1. The lowest BCUT2D eigenvalue weighted by Crippen LogP contribution is -2.14. The number of hydrogen-bond donors (Lipinski definition) is 2. The number of carbonyl (C=O) groups excluding carboxylic acids is 1. The first-order chi connectivity index (χ1) is 10.2. The quantitative estimate of drug-likeness (QED) is 0.907. The molecule has 3 rings (SSSR count). The van der Waals surface area contributed by atoms with Crippen LogP contribution in [0, 0.1) is 0 Å². The lowest BCUT2D eigenvalue weighted by atomic mass is 9.96. The molecule has 1 heterocycles. The normalized spacial score (nSPS) is 15.8. The number of anilines is 1. The average molecular weight is 280 g/mol. The van der Waals surface area contributed by atoms with E-state index in [1.165, 1.54) is 11.1 Å². The molecule has 0 saturated carbocycles. The minimum Gasteiger partial charge on any atom is -0.326 e. The highest BCUT2D eigenvalue weighted by Crippen LogP contribution is 2.26. The molecular weight excluding hydrogens is 260 g/mol. The van der Waals surface area contributed by atoms with E-state index in [1.807, 2.05) is 30.3 Å². The number of fused-ring (bicyclic) bond motifs is 1. The summed E-state index contributed by atoms with van der Waals surface area (Å²) in [5.41, 5.74) is 10.9. The van der Waals surface area contributed by atoms with Gasteiger partial charge in [-0.3, -0.25) is 4.79 Å². The Morgan fingerprint density at radius 2 is 1.90 bits per heavy atom. The zero-order chi connectivity index (χ0) is 14.7. The predicted octanol–water partition coefficient (Wildman–Crippen LogP) is 3.20. The van der Waals surface area contributed by atoms with Gasteiger partial charge in [-0.25, -0.2) is 0 Å². The maximum absolute atomic E-state index is 11.6. The van der Waals surface area contributed by atoms with Crippen molar-refractivity contribution in [2.24, 2.45) is 5.73 Å². The summed E-state index contributed by atoms with van der Waals surface area (Å²) in [6.45, 7) is 0. The van der Waals surface area contributed by atoms with Gasteiger partial charge in [0.2, 0.25) is 5.91 Å². The van der Waals surface area contributed by atoms with Crippen LogP contribution >= 0.6 is 0 Å². The molecule has 1 amide bonds. The number of aryl methyl sites for hydroxylation is 1. The summed E-state index contributed by atoms with van der Waals surface area (Å²) in [5.74, 6) is 0.107. The van der Waals surface area contributed by atoms with Crippen LogP contribution in [0.4, 0.5) is 5.69 Å². The Kier molecular flexibility index (Phi) is 4.02. The lowest BCUT2D eigenvalue weighted by Gasteiger charge is -2.15. The van der Waals surface area contributed by atoms with Crippen LogP contribution in [-0.2, 0) is 17.6 Å². The number of rotatable bonds is 3. The summed E-state index contributed by atoms with van der Waals surface area (Å²) >= 11 is 0. The average Bonchev–Trinajstić information content (AvgIpc) is 2.68. The highest BCUT2D eigenvalue weighted by molar-refractivity contribution is 5.92. The Bertz CT molecular complexity index is 637. The van der Waals surface area contributed by atoms with E-state index in [1.54, 1.807) is 0 Å². The van der Waals surface area contributed by atoms with Gasteiger partial charge < -0.3 is 11.1 Å². The van der Waals surface area contributed by atoms with Gasteiger partial charge in [0.05, 0.1) is 0 Å². The first-order valence-electron chi connectivity index (χ1n) is 7.44. The maximum atomic E-state index is 11.6. The lowest BCUT2D eigenvalue weighted by molar-refractivity contribution is -0.116. The van der Waals surface area contributed by atoms with Crippen molar-refractivity contribution in [1.82, 2.24) is 0 Å². The molecule has 0 bridgehead atoms. The number of carbonyl (C=O) groups is 1. The van der Waals surface area contributed by atoms with E-state index in [0.29, 0.717) is 6.42 Å². The van der Waals surface area contributed by atoms with Gasteiger partial charge in [-0.05, 0) is 42.0 Å². The van der Waals surface area contributed by atoms with Crippen molar-refractivity contribution in [3.05, 3.63) is 65.2 Å². The summed E-state index contributed by atoms with van der Waals surface area (Å²) in [4.78, 5) is 11.6. The van der Waals surface area contributed by atoms with E-state index in [9.17, 15) is 4.79 Å². The van der Waals surface area contributed by atoms with Crippen LogP contribution in [0.3, 0.4) is 0 Å². The molecule has 3 N–H and O–H groups in total. The van der Waals surface area contributed by atoms with Gasteiger partial charge in [-0.15, -0.1) is 0 Å². The predicted molar refractivity (Wildman–Crippen MR) is 85.1 cm³/mol. The van der Waals surface area contributed by atoms with Gasteiger partial charge in [-0.1, -0.05) is 42.5 Å². The summed E-state index contributed by atoms with van der Waals surface area (Å²) < 4.78 is 0. The number of hydrogen-bond acceptors (Lipinski definition) is 2. The molecule has 0 aromatic heterocycles. The Morgan fingerprint density at radius 3 is 2.71 bits per heavy atom. The standard InChI is InChI=1S/C18H20N2O/c19-16(11-13-5-2-1-3-6-13)14-9-10-17-15(12-14)7-4-8-18(21)20-17/h1-3,5-6,9-10,12,16H,4,7-8,11,19H2,(H,20,21). The van der Waals surface area contributed by atoms with Crippen LogP contribution in [0.1, 0.15) is 35.6 Å². The SMILES string of the molecule is NC(Cc1ccccc1)c1ccc2c(c1)CCCC(=O)N2. The van der Waals surface area contributed by atoms with Crippen molar-refractivity contribution in [2.45, 2.75) is 31.7 Å². The minimum atomic E-state index is -0.0170. The van der Waals surface area contributed by atoms with Crippen LogP contribution < -0.4 is 11.1 Å². The van der Waals surface area contributed by atoms with E-state index < -0.39 is 0 Å². The fourth-order valence-electron chi connectivity index (χ4n) is 2.81. The number of nitrogens with one attached hydrogen (secondary N) is 1. The molecule has 1 unspecified atom stereocenters. The molecular formula is C18H20N2O. The van der Waals surface area contributed by atoms with Crippen LogP contribution in [0.5, 0.6) is 0 Å². The maximum Gasteiger partial charge on any atom is 0.224 e. The largest absolute Gasteiger partial charge is 0.326 e. The van der Waals surface area contributed by atoms with Gasteiger partial charge in [0.25, 0.3) is 0 Å². The topological polar surface area (TPSA) is 55.1 Å². The van der Waals surface area contributed by atoms with Gasteiger partial charge in [-0.2, -0.15) is 0 Å². The van der Waals surface area contributed by atoms with Crippen LogP contribution in [0.2, 0.25) is 0 Å². The van der Waals surface area contributed by atoms with Gasteiger partial charge in [0.1, 0.15) is 0 Å². The summed E-state index contributed by atoms with van der Waals surface area (Å²) in [6, 6.07) is 16.4. The molecule has 21 heavy (non-hydrogen) atoms. The molecule has 1 atom stereocenters. The van der Waals surface area contributed by atoms with Gasteiger partial charge >= 0.3 is 0 Å². The number of nitrogens with two attached hydrogens (primary N) is 1. The molecule has 1 aliphatic rings. The second-order valence-electron chi connectivity index (χ2n) is 5.61. The third-order valence-electron chi connectivity index (χ3n) is 3.98. The zero-order valence-electron chi connectivity index (χ0n) is 12.0. The fraction of sp³-hybridized carbons (Fsp3) is 0.278. The molecule has 3 heteroatoms. The highest BCUT2D eigenvalue weighted by Gasteiger charge is 2.15. The van der Waals surface area contributed by atoms with Crippen molar-refractivity contribution in [2.75, 3.05) is 5.32 Å². The summed E-state index contributed by atoms with van der Waals surface area (Å²) in [7, 11) is 0. The molecule has 0 saturated heterocycles. The van der Waals surface area contributed by atoms with Gasteiger partial charge in [0, 0.05) is 18.2 Å². The minimum absolute atomic E-state index is 0.0170. The van der Waals surface area contributed by atoms with E-state index in [-0.39, 0.29) is 11.9 Å². The molecule has 3 nitrogen and oxygen atoms in total. The monoisotopic (exact) mass is 280 g/mol. The second-order valence-corrected chi connectivity index (χ2v) is 5.61.